The van der Waals surface area contributed by atoms with Crippen LogP contribution in [0.1, 0.15) is 21.5 Å². The Morgan fingerprint density at radius 1 is 1.13 bits per heavy atom. The van der Waals surface area contributed by atoms with Crippen LogP contribution < -0.4 is 14.9 Å². The van der Waals surface area contributed by atoms with Crippen LogP contribution in [0.2, 0.25) is 5.02 Å². The summed E-state index contributed by atoms with van der Waals surface area (Å²) in [6.07, 6.45) is 1.50. The van der Waals surface area contributed by atoms with E-state index < -0.39 is 5.91 Å². The van der Waals surface area contributed by atoms with E-state index in [-0.39, 0.29) is 0 Å². The molecule has 0 aliphatic rings. The summed E-state index contributed by atoms with van der Waals surface area (Å²) >= 11 is 11.7. The topological polar surface area (TPSA) is 59.9 Å². The highest BCUT2D eigenvalue weighted by Gasteiger charge is 2.12. The average Bonchev–Trinajstić information content (AvgIpc) is 2.74. The molecule has 0 bridgehead atoms. The number of carbonyl (C=O) groups excluding carboxylic acids is 1. The van der Waals surface area contributed by atoms with E-state index >= 15 is 0 Å². The fourth-order valence-corrected chi connectivity index (χ4v) is 3.47. The molecule has 3 aromatic rings. The molecule has 0 aliphatic carbocycles. The van der Waals surface area contributed by atoms with Gasteiger partial charge < -0.3 is 9.47 Å². The van der Waals surface area contributed by atoms with E-state index in [4.69, 9.17) is 21.1 Å². The summed E-state index contributed by atoms with van der Waals surface area (Å²) in [5, 5.41) is 4.60. The van der Waals surface area contributed by atoms with Crippen LogP contribution in [0.4, 0.5) is 0 Å². The SMILES string of the molecule is COc1ccc(Br)cc1C(=O)N/N=C\c1cc(Cl)ccc1OCc1ccc(I)cc1. The molecule has 0 aromatic heterocycles. The molecule has 0 saturated heterocycles. The van der Waals surface area contributed by atoms with E-state index in [0.717, 1.165) is 13.6 Å². The summed E-state index contributed by atoms with van der Waals surface area (Å²) in [6, 6.07) is 18.5. The Labute approximate surface area is 201 Å². The first-order chi connectivity index (χ1) is 14.5. The summed E-state index contributed by atoms with van der Waals surface area (Å²) in [4.78, 5) is 12.5. The zero-order chi connectivity index (χ0) is 21.5. The standard InChI is InChI=1S/C22H17BrClIN2O3/c1-29-21-8-4-16(23)11-19(21)22(28)27-26-12-15-10-17(24)5-9-20(15)30-13-14-2-6-18(25)7-3-14/h2-12H,13H2,1H3,(H,27,28)/b26-12-. The molecular formula is C22H17BrClIN2O3. The number of hydrogen-bond acceptors (Lipinski definition) is 4. The van der Waals surface area contributed by atoms with Gasteiger partial charge in [-0.2, -0.15) is 5.10 Å². The molecule has 8 heteroatoms. The normalized spacial score (nSPS) is 10.8. The summed E-state index contributed by atoms with van der Waals surface area (Å²) in [5.74, 6) is 0.666. The largest absolute Gasteiger partial charge is 0.496 e. The van der Waals surface area contributed by atoms with Gasteiger partial charge in [-0.1, -0.05) is 39.7 Å². The lowest BCUT2D eigenvalue weighted by atomic mass is 10.2. The second-order valence-electron chi connectivity index (χ2n) is 6.14. The van der Waals surface area contributed by atoms with Crippen molar-refractivity contribution in [2.24, 2.45) is 5.10 Å². The predicted molar refractivity (Wildman–Crippen MR) is 131 cm³/mol. The highest BCUT2D eigenvalue weighted by molar-refractivity contribution is 14.1. The molecule has 1 N–H and O–H groups in total. The Balaban J connectivity index is 1.72. The number of nitrogens with one attached hydrogen (secondary N) is 1. The number of amides is 1. The Hall–Kier alpha value is -2.10. The van der Waals surface area contributed by atoms with Gasteiger partial charge in [-0.15, -0.1) is 0 Å². The lowest BCUT2D eigenvalue weighted by Crippen LogP contribution is -2.18. The van der Waals surface area contributed by atoms with Crippen molar-refractivity contribution in [2.45, 2.75) is 6.61 Å². The van der Waals surface area contributed by atoms with E-state index in [1.807, 2.05) is 24.3 Å². The van der Waals surface area contributed by atoms with E-state index in [1.165, 1.54) is 13.3 Å². The summed E-state index contributed by atoms with van der Waals surface area (Å²) in [6.45, 7) is 0.404. The van der Waals surface area contributed by atoms with Crippen molar-refractivity contribution in [3.05, 3.63) is 90.4 Å². The zero-order valence-corrected chi connectivity index (χ0v) is 20.4. The van der Waals surface area contributed by atoms with Crippen molar-refractivity contribution < 1.29 is 14.3 Å². The lowest BCUT2D eigenvalue weighted by Gasteiger charge is -2.10. The van der Waals surface area contributed by atoms with Crippen LogP contribution in [0, 0.1) is 3.57 Å². The van der Waals surface area contributed by atoms with Gasteiger partial charge in [-0.3, -0.25) is 4.79 Å². The molecule has 5 nitrogen and oxygen atoms in total. The van der Waals surface area contributed by atoms with Crippen molar-refractivity contribution >= 4 is 62.2 Å². The highest BCUT2D eigenvalue weighted by Crippen LogP contribution is 2.24. The van der Waals surface area contributed by atoms with Crippen molar-refractivity contribution in [1.29, 1.82) is 0 Å². The molecule has 0 heterocycles. The van der Waals surface area contributed by atoms with Crippen LogP contribution in [0.5, 0.6) is 11.5 Å². The number of hydrogen-bond donors (Lipinski definition) is 1. The molecular weight excluding hydrogens is 583 g/mol. The number of methoxy groups -OCH3 is 1. The Kier molecular flexibility index (Phi) is 8.12. The Morgan fingerprint density at radius 2 is 1.87 bits per heavy atom. The van der Waals surface area contributed by atoms with Gasteiger partial charge in [-0.05, 0) is 76.7 Å². The molecule has 0 saturated carbocycles. The quantitative estimate of drug-likeness (QED) is 0.204. The second kappa shape index (κ2) is 10.8. The predicted octanol–water partition coefficient (Wildman–Crippen LogP) is 6.06. The second-order valence-corrected chi connectivity index (χ2v) is 8.74. The Bertz CT molecular complexity index is 1070. The molecule has 30 heavy (non-hydrogen) atoms. The molecule has 1 amide bonds. The van der Waals surface area contributed by atoms with Crippen molar-refractivity contribution in [3.8, 4) is 11.5 Å². The molecule has 0 fully saturated rings. The van der Waals surface area contributed by atoms with Crippen LogP contribution in [0.15, 0.2) is 70.2 Å². The molecule has 0 radical (unpaired) electrons. The minimum Gasteiger partial charge on any atom is -0.496 e. The first-order valence-electron chi connectivity index (χ1n) is 8.80. The van der Waals surface area contributed by atoms with Crippen LogP contribution in [0.3, 0.4) is 0 Å². The lowest BCUT2D eigenvalue weighted by molar-refractivity contribution is 0.0952. The number of ether oxygens (including phenoxy) is 2. The average molecular weight is 600 g/mol. The van der Waals surface area contributed by atoms with Crippen LogP contribution >= 0.6 is 50.1 Å². The van der Waals surface area contributed by atoms with E-state index in [1.54, 1.807) is 36.4 Å². The van der Waals surface area contributed by atoms with Gasteiger partial charge in [0.2, 0.25) is 0 Å². The third-order valence-corrected chi connectivity index (χ3v) is 5.50. The summed E-state index contributed by atoms with van der Waals surface area (Å²) in [5.41, 5.74) is 4.56. The third-order valence-electron chi connectivity index (χ3n) is 4.06. The fraction of sp³-hybridized carbons (Fsp3) is 0.0909. The maximum atomic E-state index is 12.5. The van der Waals surface area contributed by atoms with Crippen LogP contribution in [-0.4, -0.2) is 19.2 Å². The minimum atomic E-state index is -0.396. The van der Waals surface area contributed by atoms with Crippen LogP contribution in [0.25, 0.3) is 0 Å². The molecule has 0 spiro atoms. The van der Waals surface area contributed by atoms with Gasteiger partial charge in [0.15, 0.2) is 0 Å². The van der Waals surface area contributed by atoms with Crippen molar-refractivity contribution in [3.63, 3.8) is 0 Å². The number of carbonyl (C=O) groups is 1. The third kappa shape index (κ3) is 6.20. The van der Waals surface area contributed by atoms with Crippen molar-refractivity contribution in [1.82, 2.24) is 5.43 Å². The number of hydrazone groups is 1. The minimum absolute atomic E-state index is 0.366. The first kappa shape index (κ1) is 22.6. The Morgan fingerprint density at radius 3 is 2.60 bits per heavy atom. The van der Waals surface area contributed by atoms with Gasteiger partial charge in [0.25, 0.3) is 5.91 Å². The number of benzene rings is 3. The molecule has 154 valence electrons. The maximum Gasteiger partial charge on any atom is 0.275 e. The van der Waals surface area contributed by atoms with E-state index in [0.29, 0.717) is 34.3 Å². The van der Waals surface area contributed by atoms with E-state index in [2.05, 4.69) is 49.0 Å². The highest BCUT2D eigenvalue weighted by atomic mass is 127. The monoisotopic (exact) mass is 598 g/mol. The van der Waals surface area contributed by atoms with Gasteiger partial charge in [0.05, 0.1) is 18.9 Å². The summed E-state index contributed by atoms with van der Waals surface area (Å²) in [7, 11) is 1.51. The number of nitrogens with zero attached hydrogens (tertiary/aromatic N) is 1. The molecule has 0 aliphatic heterocycles. The number of halogens is 3. The molecule has 0 unspecified atom stereocenters. The molecule has 3 rings (SSSR count). The first-order valence-corrected chi connectivity index (χ1v) is 11.0. The summed E-state index contributed by atoms with van der Waals surface area (Å²) < 4.78 is 13.1. The number of rotatable bonds is 7. The molecule has 3 aromatic carbocycles. The molecule has 0 atom stereocenters. The van der Waals surface area contributed by atoms with Gasteiger partial charge in [-0.25, -0.2) is 5.43 Å². The van der Waals surface area contributed by atoms with Gasteiger partial charge >= 0.3 is 0 Å². The van der Waals surface area contributed by atoms with Crippen LogP contribution in [-0.2, 0) is 6.61 Å². The van der Waals surface area contributed by atoms with Crippen molar-refractivity contribution in [2.75, 3.05) is 7.11 Å². The van der Waals surface area contributed by atoms with E-state index in [9.17, 15) is 4.79 Å². The maximum absolute atomic E-state index is 12.5. The fourth-order valence-electron chi connectivity index (χ4n) is 2.57. The zero-order valence-electron chi connectivity index (χ0n) is 15.9. The van der Waals surface area contributed by atoms with Gasteiger partial charge in [0.1, 0.15) is 18.1 Å². The van der Waals surface area contributed by atoms with Gasteiger partial charge in [0, 0.05) is 18.6 Å². The smallest absolute Gasteiger partial charge is 0.275 e.